The average molecular weight is 376 g/mol. The third-order valence-electron chi connectivity index (χ3n) is 2.86. The first-order chi connectivity index (χ1) is 8.47. The Bertz CT molecular complexity index is 449. The fraction of sp³-hybridized carbons (Fsp3) is 0.462. The van der Waals surface area contributed by atoms with Crippen molar-refractivity contribution < 1.29 is 4.79 Å². The molecule has 1 aliphatic rings. The second kappa shape index (κ2) is 5.61. The minimum absolute atomic E-state index is 0.0527. The highest BCUT2D eigenvalue weighted by molar-refractivity contribution is 9.11. The molecule has 1 saturated carbocycles. The van der Waals surface area contributed by atoms with E-state index >= 15 is 0 Å². The molecule has 18 heavy (non-hydrogen) atoms. The number of hydrogen-bond donors (Lipinski definition) is 2. The number of benzene rings is 1. The van der Waals surface area contributed by atoms with Gasteiger partial charge in [0.25, 0.3) is 0 Å². The first-order valence-electron chi connectivity index (χ1n) is 6.00. The van der Waals surface area contributed by atoms with Gasteiger partial charge in [-0.3, -0.25) is 4.79 Å². The summed E-state index contributed by atoms with van der Waals surface area (Å²) in [5.74, 6) is 0.0527. The summed E-state index contributed by atoms with van der Waals surface area (Å²) >= 11 is 7.03. The van der Waals surface area contributed by atoms with E-state index < -0.39 is 0 Å². The molecule has 3 nitrogen and oxygen atoms in total. The van der Waals surface area contributed by atoms with Gasteiger partial charge < -0.3 is 10.6 Å². The van der Waals surface area contributed by atoms with Crippen LogP contribution in [0.1, 0.15) is 25.3 Å². The molecule has 1 amide bonds. The molecule has 0 saturated heterocycles. The topological polar surface area (TPSA) is 41.1 Å². The highest BCUT2D eigenvalue weighted by Gasteiger charge is 2.26. The van der Waals surface area contributed by atoms with Crippen LogP contribution in [0.5, 0.6) is 0 Å². The van der Waals surface area contributed by atoms with Crippen LogP contribution in [-0.4, -0.2) is 18.0 Å². The minimum Gasteiger partial charge on any atom is -0.372 e. The molecule has 0 heterocycles. The van der Waals surface area contributed by atoms with Crippen molar-refractivity contribution >= 4 is 43.5 Å². The lowest BCUT2D eigenvalue weighted by Crippen LogP contribution is -2.38. The molecule has 0 aliphatic heterocycles. The molecule has 1 fully saturated rings. The molecule has 0 spiro atoms. The number of halogens is 2. The summed E-state index contributed by atoms with van der Waals surface area (Å²) in [6.45, 7) is 3.90. The van der Waals surface area contributed by atoms with Crippen molar-refractivity contribution in [3.05, 3.63) is 26.6 Å². The lowest BCUT2D eigenvalue weighted by Gasteiger charge is -2.18. The Balaban J connectivity index is 2.05. The van der Waals surface area contributed by atoms with Gasteiger partial charge in [-0.2, -0.15) is 0 Å². The van der Waals surface area contributed by atoms with Crippen LogP contribution < -0.4 is 10.6 Å². The number of nitrogens with one attached hydrogen (secondary N) is 2. The summed E-state index contributed by atoms with van der Waals surface area (Å²) in [5.41, 5.74) is 2.08. The molecule has 2 N–H and O–H groups in total. The molecule has 1 unspecified atom stereocenters. The predicted molar refractivity (Wildman–Crippen MR) is 80.8 cm³/mol. The van der Waals surface area contributed by atoms with Crippen LogP contribution in [0, 0.1) is 6.92 Å². The number of hydrogen-bond acceptors (Lipinski definition) is 2. The Morgan fingerprint density at radius 3 is 2.39 bits per heavy atom. The fourth-order valence-electron chi connectivity index (χ4n) is 1.67. The fourth-order valence-corrected chi connectivity index (χ4v) is 3.32. The maximum absolute atomic E-state index is 11.9. The lowest BCUT2D eigenvalue weighted by atomic mass is 10.2. The van der Waals surface area contributed by atoms with Gasteiger partial charge in [0.15, 0.2) is 0 Å². The Kier molecular flexibility index (Phi) is 4.33. The maximum atomic E-state index is 11.9. The molecule has 1 atom stereocenters. The third kappa shape index (κ3) is 3.48. The molecule has 1 aromatic rings. The van der Waals surface area contributed by atoms with E-state index in [2.05, 4.69) is 42.5 Å². The molecular weight excluding hydrogens is 360 g/mol. The number of aryl methyl sites for hydroxylation is 1. The lowest BCUT2D eigenvalue weighted by molar-refractivity contribution is -0.121. The van der Waals surface area contributed by atoms with E-state index in [0.29, 0.717) is 6.04 Å². The summed E-state index contributed by atoms with van der Waals surface area (Å²) in [6, 6.07) is 4.20. The molecular formula is C13H16Br2N2O. The van der Waals surface area contributed by atoms with Gasteiger partial charge in [-0.25, -0.2) is 0 Å². The van der Waals surface area contributed by atoms with E-state index in [4.69, 9.17) is 0 Å². The second-order valence-corrected chi connectivity index (χ2v) is 6.46. The van der Waals surface area contributed by atoms with Gasteiger partial charge in [0.1, 0.15) is 6.04 Å². The smallest absolute Gasteiger partial charge is 0.242 e. The van der Waals surface area contributed by atoms with E-state index in [1.807, 2.05) is 26.0 Å². The SMILES string of the molecule is Cc1cc(Br)c(NC(C)C(=O)NC2CC2)c(Br)c1. The quantitative estimate of drug-likeness (QED) is 0.844. The zero-order valence-corrected chi connectivity index (χ0v) is 13.6. The highest BCUT2D eigenvalue weighted by atomic mass is 79.9. The summed E-state index contributed by atoms with van der Waals surface area (Å²) in [5, 5.41) is 6.22. The van der Waals surface area contributed by atoms with Gasteiger partial charge in [0.05, 0.1) is 5.69 Å². The van der Waals surface area contributed by atoms with Crippen molar-refractivity contribution in [1.82, 2.24) is 5.32 Å². The molecule has 0 radical (unpaired) electrons. The Morgan fingerprint density at radius 1 is 1.33 bits per heavy atom. The monoisotopic (exact) mass is 374 g/mol. The average Bonchev–Trinajstić information content (AvgIpc) is 3.06. The van der Waals surface area contributed by atoms with Gasteiger partial charge in [-0.05, 0) is 76.2 Å². The Morgan fingerprint density at radius 2 is 1.89 bits per heavy atom. The van der Waals surface area contributed by atoms with Crippen LogP contribution in [0.4, 0.5) is 5.69 Å². The van der Waals surface area contributed by atoms with Crippen LogP contribution in [0.3, 0.4) is 0 Å². The molecule has 2 rings (SSSR count). The van der Waals surface area contributed by atoms with Crippen LogP contribution in [-0.2, 0) is 4.79 Å². The third-order valence-corrected chi connectivity index (χ3v) is 4.12. The Hall–Kier alpha value is -0.550. The number of anilines is 1. The van der Waals surface area contributed by atoms with Crippen molar-refractivity contribution in [1.29, 1.82) is 0 Å². The van der Waals surface area contributed by atoms with Crippen LogP contribution in [0.2, 0.25) is 0 Å². The molecule has 98 valence electrons. The zero-order valence-electron chi connectivity index (χ0n) is 10.4. The second-order valence-electron chi connectivity index (χ2n) is 4.75. The summed E-state index contributed by atoms with van der Waals surface area (Å²) in [6.07, 6.45) is 2.22. The van der Waals surface area contributed by atoms with Crippen LogP contribution in [0.25, 0.3) is 0 Å². The first kappa shape index (κ1) is 13.9. The summed E-state index contributed by atoms with van der Waals surface area (Å²) < 4.78 is 1.92. The van der Waals surface area contributed by atoms with Crippen molar-refractivity contribution in [2.75, 3.05) is 5.32 Å². The number of amides is 1. The van der Waals surface area contributed by atoms with Crippen LogP contribution in [0.15, 0.2) is 21.1 Å². The normalized spacial score (nSPS) is 16.2. The molecule has 0 bridgehead atoms. The van der Waals surface area contributed by atoms with Gasteiger partial charge >= 0.3 is 0 Å². The van der Waals surface area contributed by atoms with Crippen molar-refractivity contribution in [2.45, 2.75) is 38.8 Å². The predicted octanol–water partition coefficient (Wildman–Crippen LogP) is 3.60. The van der Waals surface area contributed by atoms with Crippen molar-refractivity contribution in [3.8, 4) is 0 Å². The number of carbonyl (C=O) groups is 1. The number of carbonyl (C=O) groups excluding carboxylic acids is 1. The van der Waals surface area contributed by atoms with E-state index in [9.17, 15) is 4.79 Å². The van der Waals surface area contributed by atoms with E-state index in [-0.39, 0.29) is 11.9 Å². The summed E-state index contributed by atoms with van der Waals surface area (Å²) in [7, 11) is 0. The van der Waals surface area contributed by atoms with E-state index in [0.717, 1.165) is 33.0 Å². The maximum Gasteiger partial charge on any atom is 0.242 e. The van der Waals surface area contributed by atoms with Crippen LogP contribution >= 0.6 is 31.9 Å². The van der Waals surface area contributed by atoms with Crippen molar-refractivity contribution in [2.24, 2.45) is 0 Å². The zero-order chi connectivity index (χ0) is 13.3. The Labute approximate surface area is 124 Å². The largest absolute Gasteiger partial charge is 0.372 e. The van der Waals surface area contributed by atoms with Gasteiger partial charge in [0.2, 0.25) is 5.91 Å². The molecule has 5 heteroatoms. The van der Waals surface area contributed by atoms with Crippen molar-refractivity contribution in [3.63, 3.8) is 0 Å². The summed E-state index contributed by atoms with van der Waals surface area (Å²) in [4.78, 5) is 11.9. The first-order valence-corrected chi connectivity index (χ1v) is 7.58. The van der Waals surface area contributed by atoms with E-state index in [1.165, 1.54) is 0 Å². The van der Waals surface area contributed by atoms with Gasteiger partial charge in [-0.1, -0.05) is 0 Å². The van der Waals surface area contributed by atoms with Gasteiger partial charge in [-0.15, -0.1) is 0 Å². The molecule has 1 aromatic carbocycles. The number of rotatable bonds is 4. The molecule has 1 aliphatic carbocycles. The van der Waals surface area contributed by atoms with E-state index in [1.54, 1.807) is 0 Å². The minimum atomic E-state index is -0.249. The standard InChI is InChI=1S/C13H16Br2N2O/c1-7-5-10(14)12(11(15)6-7)16-8(2)13(18)17-9-3-4-9/h5-6,8-9,16H,3-4H2,1-2H3,(H,17,18). The molecule has 0 aromatic heterocycles. The highest BCUT2D eigenvalue weighted by Crippen LogP contribution is 2.32. The van der Waals surface area contributed by atoms with Gasteiger partial charge in [0, 0.05) is 15.0 Å².